The van der Waals surface area contributed by atoms with Crippen molar-refractivity contribution in [3.05, 3.63) is 152 Å². The highest BCUT2D eigenvalue weighted by Gasteiger charge is 2.19. The second kappa shape index (κ2) is 9.65. The van der Waals surface area contributed by atoms with E-state index in [1.54, 1.807) is 0 Å². The first-order chi connectivity index (χ1) is 22.8. The zero-order valence-corrected chi connectivity index (χ0v) is 24.8. The van der Waals surface area contributed by atoms with Gasteiger partial charge in [-0.15, -0.1) is 0 Å². The Hall–Kier alpha value is -6.19. The minimum absolute atomic E-state index is 0.919. The van der Waals surface area contributed by atoms with Gasteiger partial charge in [0.25, 0.3) is 0 Å². The number of aromatic nitrogens is 3. The summed E-state index contributed by atoms with van der Waals surface area (Å²) in [4.78, 5) is 15.4. The third kappa shape index (κ3) is 3.69. The minimum Gasteiger partial charge on any atom is -0.254 e. The minimum atomic E-state index is 0.919. The first-order valence-corrected chi connectivity index (χ1v) is 15.6. The van der Waals surface area contributed by atoms with Gasteiger partial charge < -0.3 is 0 Å². The monoisotopic (exact) mass is 583 g/mol. The van der Waals surface area contributed by atoms with Crippen LogP contribution in [-0.4, -0.2) is 15.0 Å². The summed E-state index contributed by atoms with van der Waals surface area (Å²) in [7, 11) is 0. The van der Waals surface area contributed by atoms with E-state index in [0.717, 1.165) is 65.6 Å². The Labute approximate surface area is 264 Å². The summed E-state index contributed by atoms with van der Waals surface area (Å²) in [6.07, 6.45) is 1.84. The summed E-state index contributed by atoms with van der Waals surface area (Å²) in [5.41, 5.74) is 8.26. The van der Waals surface area contributed by atoms with Gasteiger partial charge in [0.15, 0.2) is 0 Å². The summed E-state index contributed by atoms with van der Waals surface area (Å²) in [6.45, 7) is 0. The molecule has 0 spiro atoms. The van der Waals surface area contributed by atoms with E-state index < -0.39 is 0 Å². The van der Waals surface area contributed by atoms with E-state index in [1.807, 2.05) is 12.3 Å². The van der Waals surface area contributed by atoms with Crippen molar-refractivity contribution in [2.75, 3.05) is 0 Å². The molecule has 0 aliphatic heterocycles. The van der Waals surface area contributed by atoms with Crippen molar-refractivity contribution in [2.24, 2.45) is 0 Å². The zero-order valence-electron chi connectivity index (χ0n) is 24.8. The number of pyridine rings is 3. The van der Waals surface area contributed by atoms with E-state index in [-0.39, 0.29) is 0 Å². The number of rotatable bonds is 2. The Morgan fingerprint density at radius 3 is 1.63 bits per heavy atom. The van der Waals surface area contributed by atoms with E-state index in [1.165, 1.54) is 32.7 Å². The quantitative estimate of drug-likeness (QED) is 0.150. The molecule has 3 heterocycles. The lowest BCUT2D eigenvalue weighted by atomic mass is 9.88. The van der Waals surface area contributed by atoms with Crippen LogP contribution in [-0.2, 0) is 0 Å². The molecule has 0 aliphatic carbocycles. The lowest BCUT2D eigenvalue weighted by Gasteiger charge is -2.17. The smallest absolute Gasteiger partial charge is 0.0972 e. The molecule has 0 atom stereocenters. The molecule has 10 aromatic rings. The van der Waals surface area contributed by atoms with Gasteiger partial charge in [-0.2, -0.15) is 0 Å². The molecule has 212 valence electrons. The van der Waals surface area contributed by atoms with Gasteiger partial charge in [-0.1, -0.05) is 121 Å². The van der Waals surface area contributed by atoms with Crippen LogP contribution in [0.2, 0.25) is 0 Å². The molecule has 3 aromatic heterocycles. The number of hydrogen-bond donors (Lipinski definition) is 0. The van der Waals surface area contributed by atoms with Gasteiger partial charge in [0.05, 0.1) is 27.8 Å². The maximum atomic E-state index is 5.42. The van der Waals surface area contributed by atoms with Crippen molar-refractivity contribution < 1.29 is 0 Å². The fraction of sp³-hybridized carbons (Fsp3) is 0. The Balaban J connectivity index is 1.35. The molecular weight excluding hydrogens is 558 g/mol. The van der Waals surface area contributed by atoms with Crippen molar-refractivity contribution in [3.8, 4) is 22.4 Å². The van der Waals surface area contributed by atoms with Crippen LogP contribution in [0.3, 0.4) is 0 Å². The maximum Gasteiger partial charge on any atom is 0.0972 e. The molecule has 3 nitrogen and oxygen atoms in total. The second-order valence-corrected chi connectivity index (χ2v) is 12.0. The molecular formula is C43H25N3. The molecule has 0 saturated heterocycles. The molecule has 0 bridgehead atoms. The van der Waals surface area contributed by atoms with Crippen LogP contribution in [0.25, 0.3) is 98.3 Å². The van der Waals surface area contributed by atoms with Crippen LogP contribution in [0, 0.1) is 0 Å². The summed E-state index contributed by atoms with van der Waals surface area (Å²) in [5, 5.41) is 11.5. The number of fused-ring (bicyclic) bond motifs is 10. The normalized spacial score (nSPS) is 11.9. The van der Waals surface area contributed by atoms with Crippen LogP contribution in [0.4, 0.5) is 0 Å². The first-order valence-electron chi connectivity index (χ1n) is 15.6. The molecule has 3 heteroatoms. The molecule has 0 radical (unpaired) electrons. The van der Waals surface area contributed by atoms with E-state index in [4.69, 9.17) is 15.0 Å². The average Bonchev–Trinajstić information content (AvgIpc) is 3.13. The standard InChI is InChI=1S/C43H25N3/c1-5-13-33-26(8-1)17-20-35-39(36-21-18-27-9-2-6-14-34(27)43(36)46-42(33)35)37-25-31(24-30-10-3-4-12-32(30)37)38-22-19-29-16-15-28-11-7-23-44-40(28)41(29)45-38/h1-25H. The molecule has 7 aromatic carbocycles. The van der Waals surface area contributed by atoms with Gasteiger partial charge >= 0.3 is 0 Å². The Morgan fingerprint density at radius 2 is 0.913 bits per heavy atom. The number of nitrogens with zero attached hydrogens (tertiary/aromatic N) is 3. The molecule has 10 rings (SSSR count). The molecule has 0 N–H and O–H groups in total. The molecule has 0 amide bonds. The average molecular weight is 584 g/mol. The van der Waals surface area contributed by atoms with E-state index >= 15 is 0 Å². The number of benzene rings is 7. The molecule has 0 saturated carbocycles. The lowest BCUT2D eigenvalue weighted by Crippen LogP contribution is -1.94. The summed E-state index contributed by atoms with van der Waals surface area (Å²) < 4.78 is 0. The van der Waals surface area contributed by atoms with Gasteiger partial charge in [0, 0.05) is 49.6 Å². The van der Waals surface area contributed by atoms with Crippen LogP contribution in [0.1, 0.15) is 0 Å². The predicted octanol–water partition coefficient (Wildman–Crippen LogP) is 11.3. The van der Waals surface area contributed by atoms with Crippen LogP contribution >= 0.6 is 0 Å². The predicted molar refractivity (Wildman–Crippen MR) is 193 cm³/mol. The Kier molecular flexibility index (Phi) is 5.28. The third-order valence-corrected chi connectivity index (χ3v) is 9.42. The van der Waals surface area contributed by atoms with Gasteiger partial charge in [-0.3, -0.25) is 4.98 Å². The third-order valence-electron chi connectivity index (χ3n) is 9.42. The van der Waals surface area contributed by atoms with Crippen molar-refractivity contribution in [1.82, 2.24) is 15.0 Å². The zero-order chi connectivity index (χ0) is 30.2. The summed E-state index contributed by atoms with van der Waals surface area (Å²) in [5.74, 6) is 0. The largest absolute Gasteiger partial charge is 0.254 e. The highest BCUT2D eigenvalue weighted by molar-refractivity contribution is 6.23. The van der Waals surface area contributed by atoms with Crippen molar-refractivity contribution >= 4 is 75.9 Å². The summed E-state index contributed by atoms with van der Waals surface area (Å²) >= 11 is 0. The number of hydrogen-bond acceptors (Lipinski definition) is 3. The van der Waals surface area contributed by atoms with Crippen LogP contribution in [0.5, 0.6) is 0 Å². The van der Waals surface area contributed by atoms with E-state index in [9.17, 15) is 0 Å². The maximum absolute atomic E-state index is 5.42. The fourth-order valence-corrected chi connectivity index (χ4v) is 7.25. The van der Waals surface area contributed by atoms with Crippen LogP contribution < -0.4 is 0 Å². The van der Waals surface area contributed by atoms with Crippen molar-refractivity contribution in [1.29, 1.82) is 0 Å². The second-order valence-electron chi connectivity index (χ2n) is 12.0. The fourth-order valence-electron chi connectivity index (χ4n) is 7.25. The van der Waals surface area contributed by atoms with Gasteiger partial charge in [-0.25, -0.2) is 9.97 Å². The highest BCUT2D eigenvalue weighted by Crippen LogP contribution is 2.43. The molecule has 0 unspecified atom stereocenters. The molecule has 0 aliphatic rings. The van der Waals surface area contributed by atoms with E-state index in [2.05, 4.69) is 140 Å². The van der Waals surface area contributed by atoms with Crippen molar-refractivity contribution in [2.45, 2.75) is 0 Å². The van der Waals surface area contributed by atoms with Crippen molar-refractivity contribution in [3.63, 3.8) is 0 Å². The SMILES string of the molecule is c1ccc2c(-c3c4ccc5ccccc5c4nc4c3ccc3ccccc34)cc(-c3ccc4ccc5cccnc5c4n3)cc2c1. The lowest BCUT2D eigenvalue weighted by molar-refractivity contribution is 1.37. The molecule has 46 heavy (non-hydrogen) atoms. The summed E-state index contributed by atoms with van der Waals surface area (Å²) in [6, 6.07) is 52.0. The first kappa shape index (κ1) is 25.2. The Morgan fingerprint density at radius 1 is 0.348 bits per heavy atom. The molecule has 0 fully saturated rings. The van der Waals surface area contributed by atoms with Gasteiger partial charge in [-0.05, 0) is 51.4 Å². The topological polar surface area (TPSA) is 38.7 Å². The Bertz CT molecular complexity index is 2780. The van der Waals surface area contributed by atoms with Crippen LogP contribution in [0.15, 0.2) is 152 Å². The van der Waals surface area contributed by atoms with Gasteiger partial charge in [0.2, 0.25) is 0 Å². The highest BCUT2D eigenvalue weighted by atomic mass is 14.8. The van der Waals surface area contributed by atoms with E-state index in [0.29, 0.717) is 0 Å². The van der Waals surface area contributed by atoms with Gasteiger partial charge in [0.1, 0.15) is 0 Å².